The van der Waals surface area contributed by atoms with Gasteiger partial charge in [-0.25, -0.2) is 0 Å². The third-order valence-corrected chi connectivity index (χ3v) is 2.23. The van der Waals surface area contributed by atoms with Crippen molar-refractivity contribution in [2.24, 2.45) is 11.8 Å². The van der Waals surface area contributed by atoms with E-state index < -0.39 is 0 Å². The molecule has 0 amide bonds. The molecule has 0 saturated carbocycles. The van der Waals surface area contributed by atoms with Crippen molar-refractivity contribution in [3.05, 3.63) is 0 Å². The molecule has 0 rings (SSSR count). The predicted octanol–water partition coefficient (Wildman–Crippen LogP) is 2.29. The van der Waals surface area contributed by atoms with Crippen LogP contribution in [0.5, 0.6) is 0 Å². The first-order valence-electron chi connectivity index (χ1n) is 4.17. The minimum absolute atomic E-state index is 0.0348. The molecule has 0 aliphatic rings. The molecule has 0 N–H and O–H groups in total. The Bertz CT molecular complexity index is 87.6. The molecule has 0 aromatic carbocycles. The lowest BCUT2D eigenvalue weighted by molar-refractivity contribution is -0.115. The summed E-state index contributed by atoms with van der Waals surface area (Å²) >= 11 is 0. The lowest BCUT2D eigenvalue weighted by Gasteiger charge is -2.20. The highest BCUT2D eigenvalue weighted by Crippen LogP contribution is 2.17. The minimum Gasteiger partial charge on any atom is -0.356 e. The molecule has 0 aliphatic carbocycles. The molecular weight excluding hydrogens is 140 g/mol. The summed E-state index contributed by atoms with van der Waals surface area (Å²) in [7, 11) is 3.36. The van der Waals surface area contributed by atoms with Gasteiger partial charge >= 0.3 is 0 Å². The molecule has 11 heavy (non-hydrogen) atoms. The summed E-state index contributed by atoms with van der Waals surface area (Å²) in [5.74, 6) is 1.35. The fourth-order valence-corrected chi connectivity index (χ4v) is 0.864. The standard InChI is InChI=1S/C9H20O2/c1-7(2)8(3)6-9(10-4)11-5/h7-9H,6H2,1-5H3. The summed E-state index contributed by atoms with van der Waals surface area (Å²) in [6.45, 7) is 6.65. The molecular formula is C9H20O2. The highest BCUT2D eigenvalue weighted by atomic mass is 16.7. The molecule has 1 atom stereocenters. The van der Waals surface area contributed by atoms with Gasteiger partial charge in [0.05, 0.1) is 0 Å². The Morgan fingerprint density at radius 1 is 1.00 bits per heavy atom. The minimum atomic E-state index is -0.0348. The monoisotopic (exact) mass is 160 g/mol. The fraction of sp³-hybridized carbons (Fsp3) is 1.00. The van der Waals surface area contributed by atoms with Gasteiger partial charge in [0.15, 0.2) is 6.29 Å². The van der Waals surface area contributed by atoms with Crippen molar-refractivity contribution >= 4 is 0 Å². The molecule has 0 radical (unpaired) electrons. The van der Waals surface area contributed by atoms with E-state index in [1.54, 1.807) is 14.2 Å². The Labute approximate surface area is 69.9 Å². The van der Waals surface area contributed by atoms with Crippen LogP contribution in [0.2, 0.25) is 0 Å². The molecule has 0 aromatic heterocycles. The smallest absolute Gasteiger partial charge is 0.157 e. The first-order valence-corrected chi connectivity index (χ1v) is 4.17. The first-order chi connectivity index (χ1) is 5.11. The lowest BCUT2D eigenvalue weighted by atomic mass is 9.94. The third-order valence-electron chi connectivity index (χ3n) is 2.23. The summed E-state index contributed by atoms with van der Waals surface area (Å²) in [6.07, 6.45) is 0.942. The van der Waals surface area contributed by atoms with Gasteiger partial charge in [-0.05, 0) is 11.8 Å². The maximum atomic E-state index is 5.10. The van der Waals surface area contributed by atoms with Crippen molar-refractivity contribution in [2.45, 2.75) is 33.5 Å². The summed E-state index contributed by atoms with van der Waals surface area (Å²) in [6, 6.07) is 0. The first kappa shape index (κ1) is 10.9. The van der Waals surface area contributed by atoms with Gasteiger partial charge in [0.2, 0.25) is 0 Å². The third kappa shape index (κ3) is 4.38. The van der Waals surface area contributed by atoms with Gasteiger partial charge in [-0.15, -0.1) is 0 Å². The maximum Gasteiger partial charge on any atom is 0.157 e. The van der Waals surface area contributed by atoms with Gasteiger partial charge in [0.25, 0.3) is 0 Å². The van der Waals surface area contributed by atoms with Crippen LogP contribution < -0.4 is 0 Å². The lowest BCUT2D eigenvalue weighted by Crippen LogP contribution is -2.19. The van der Waals surface area contributed by atoms with Crippen LogP contribution in [0.4, 0.5) is 0 Å². The number of ether oxygens (including phenoxy) is 2. The van der Waals surface area contributed by atoms with Crippen molar-refractivity contribution < 1.29 is 9.47 Å². The Hall–Kier alpha value is -0.0800. The SMILES string of the molecule is COC(CC(C)C(C)C)OC. The van der Waals surface area contributed by atoms with Crippen LogP contribution >= 0.6 is 0 Å². The molecule has 1 unspecified atom stereocenters. The Balaban J connectivity index is 3.62. The van der Waals surface area contributed by atoms with Crippen molar-refractivity contribution in [3.8, 4) is 0 Å². The molecule has 0 fully saturated rings. The van der Waals surface area contributed by atoms with Crippen LogP contribution in [0.3, 0.4) is 0 Å². The van der Waals surface area contributed by atoms with E-state index >= 15 is 0 Å². The van der Waals surface area contributed by atoms with Crippen LogP contribution in [0, 0.1) is 11.8 Å². The molecule has 0 spiro atoms. The maximum absolute atomic E-state index is 5.10. The van der Waals surface area contributed by atoms with Crippen LogP contribution in [-0.2, 0) is 9.47 Å². The van der Waals surface area contributed by atoms with Crippen molar-refractivity contribution in [3.63, 3.8) is 0 Å². The van der Waals surface area contributed by atoms with Crippen LogP contribution in [0.15, 0.2) is 0 Å². The molecule has 2 nitrogen and oxygen atoms in total. The van der Waals surface area contributed by atoms with E-state index in [1.807, 2.05) is 0 Å². The Kier molecular flexibility index (Phi) is 5.51. The van der Waals surface area contributed by atoms with E-state index in [1.165, 1.54) is 0 Å². The molecule has 0 saturated heterocycles. The molecule has 0 heterocycles. The fourth-order valence-electron chi connectivity index (χ4n) is 0.864. The molecule has 0 aliphatic heterocycles. The van der Waals surface area contributed by atoms with Crippen molar-refractivity contribution in [1.29, 1.82) is 0 Å². The normalized spacial score (nSPS) is 14.5. The second kappa shape index (κ2) is 5.56. The molecule has 0 bridgehead atoms. The van der Waals surface area contributed by atoms with Crippen LogP contribution in [-0.4, -0.2) is 20.5 Å². The number of methoxy groups -OCH3 is 2. The van der Waals surface area contributed by atoms with E-state index in [4.69, 9.17) is 9.47 Å². The number of hydrogen-bond acceptors (Lipinski definition) is 2. The molecule has 2 heteroatoms. The zero-order valence-electron chi connectivity index (χ0n) is 8.26. The van der Waals surface area contributed by atoms with Gasteiger partial charge < -0.3 is 9.47 Å². The largest absolute Gasteiger partial charge is 0.356 e. The zero-order valence-corrected chi connectivity index (χ0v) is 8.26. The van der Waals surface area contributed by atoms with E-state index in [0.717, 1.165) is 6.42 Å². The summed E-state index contributed by atoms with van der Waals surface area (Å²) in [4.78, 5) is 0. The second-order valence-corrected chi connectivity index (χ2v) is 3.36. The van der Waals surface area contributed by atoms with E-state index in [0.29, 0.717) is 11.8 Å². The summed E-state index contributed by atoms with van der Waals surface area (Å²) in [5, 5.41) is 0. The van der Waals surface area contributed by atoms with Crippen molar-refractivity contribution in [1.82, 2.24) is 0 Å². The second-order valence-electron chi connectivity index (χ2n) is 3.36. The van der Waals surface area contributed by atoms with Gasteiger partial charge in [-0.1, -0.05) is 20.8 Å². The van der Waals surface area contributed by atoms with E-state index in [2.05, 4.69) is 20.8 Å². The zero-order chi connectivity index (χ0) is 8.85. The van der Waals surface area contributed by atoms with Gasteiger partial charge in [-0.3, -0.25) is 0 Å². The van der Waals surface area contributed by atoms with Gasteiger partial charge in [0.1, 0.15) is 0 Å². The number of rotatable bonds is 5. The molecule has 68 valence electrons. The highest BCUT2D eigenvalue weighted by Gasteiger charge is 2.13. The average Bonchev–Trinajstić information content (AvgIpc) is 1.99. The van der Waals surface area contributed by atoms with E-state index in [9.17, 15) is 0 Å². The molecule has 0 aromatic rings. The Morgan fingerprint density at radius 3 is 1.73 bits per heavy atom. The van der Waals surface area contributed by atoms with Gasteiger partial charge in [0, 0.05) is 20.6 Å². The highest BCUT2D eigenvalue weighted by molar-refractivity contribution is 4.58. The van der Waals surface area contributed by atoms with Gasteiger partial charge in [-0.2, -0.15) is 0 Å². The van der Waals surface area contributed by atoms with Crippen LogP contribution in [0.1, 0.15) is 27.2 Å². The van der Waals surface area contributed by atoms with Crippen molar-refractivity contribution in [2.75, 3.05) is 14.2 Å². The Morgan fingerprint density at radius 2 is 1.45 bits per heavy atom. The average molecular weight is 160 g/mol. The topological polar surface area (TPSA) is 18.5 Å². The summed E-state index contributed by atoms with van der Waals surface area (Å²) in [5.41, 5.74) is 0. The predicted molar refractivity (Wildman–Crippen MR) is 46.4 cm³/mol. The van der Waals surface area contributed by atoms with E-state index in [-0.39, 0.29) is 6.29 Å². The van der Waals surface area contributed by atoms with Crippen LogP contribution in [0.25, 0.3) is 0 Å². The number of hydrogen-bond donors (Lipinski definition) is 0. The quantitative estimate of drug-likeness (QED) is 0.574. The summed E-state index contributed by atoms with van der Waals surface area (Å²) < 4.78 is 10.2.